The molecule has 1 saturated heterocycles. The Labute approximate surface area is 51.6 Å². The molecule has 1 aliphatic heterocycles. The Kier molecular flexibility index (Phi) is 1.71. The molecule has 0 unspecified atom stereocenters. The van der Waals surface area contributed by atoms with Gasteiger partial charge in [0.2, 0.25) is 0 Å². The number of hydrogen-bond acceptors (Lipinski definition) is 1. The number of nitrogens with one attached hydrogen (secondary N) is 1. The Morgan fingerprint density at radius 3 is 2.67 bits per heavy atom. The van der Waals surface area contributed by atoms with E-state index in [9.17, 15) is 0 Å². The first-order valence-corrected chi connectivity index (χ1v) is 3.49. The van der Waals surface area contributed by atoms with Crippen LogP contribution in [0.3, 0.4) is 0 Å². The summed E-state index contributed by atoms with van der Waals surface area (Å²) in [6.07, 6.45) is 1.36. The molecular formula is C4H8IN. The maximum absolute atomic E-state index is 3.26. The molecule has 1 N–H and O–H groups in total. The van der Waals surface area contributed by atoms with E-state index in [4.69, 9.17) is 0 Å². The van der Waals surface area contributed by atoms with Crippen LogP contribution in [0, 0.1) is 0 Å². The third-order valence-corrected chi connectivity index (χ3v) is 2.06. The standard InChI is InChI=1S/C4H8IN/c5-4-1-2-6-3-4/h4,6H,1-3H2/t4-/m1/s1. The Hall–Kier alpha value is 0.690. The second-order valence-corrected chi connectivity index (χ2v) is 3.35. The van der Waals surface area contributed by atoms with Gasteiger partial charge in [-0.15, -0.1) is 0 Å². The van der Waals surface area contributed by atoms with Crippen molar-refractivity contribution in [1.29, 1.82) is 0 Å². The first kappa shape index (κ1) is 4.84. The quantitative estimate of drug-likeness (QED) is 0.447. The Balaban J connectivity index is 2.18. The molecule has 2 heteroatoms. The van der Waals surface area contributed by atoms with E-state index in [0.29, 0.717) is 0 Å². The van der Waals surface area contributed by atoms with Crippen LogP contribution < -0.4 is 5.32 Å². The molecule has 0 spiro atoms. The molecule has 1 rings (SSSR count). The maximum atomic E-state index is 3.26. The lowest BCUT2D eigenvalue weighted by molar-refractivity contribution is 0.860. The zero-order valence-electron chi connectivity index (χ0n) is 3.58. The van der Waals surface area contributed by atoms with Crippen LogP contribution in [-0.4, -0.2) is 17.0 Å². The van der Waals surface area contributed by atoms with Crippen molar-refractivity contribution < 1.29 is 0 Å². The molecule has 0 aromatic heterocycles. The lowest BCUT2D eigenvalue weighted by Crippen LogP contribution is -2.07. The lowest BCUT2D eigenvalue weighted by atomic mass is 10.4. The molecule has 0 bridgehead atoms. The van der Waals surface area contributed by atoms with Crippen molar-refractivity contribution in [1.82, 2.24) is 5.32 Å². The van der Waals surface area contributed by atoms with E-state index in [1.54, 1.807) is 0 Å². The van der Waals surface area contributed by atoms with Crippen molar-refractivity contribution in [3.8, 4) is 0 Å². The van der Waals surface area contributed by atoms with Crippen LogP contribution >= 0.6 is 22.6 Å². The highest BCUT2D eigenvalue weighted by atomic mass is 127. The Bertz CT molecular complexity index is 40.8. The second kappa shape index (κ2) is 2.12. The summed E-state index contributed by atoms with van der Waals surface area (Å²) in [5, 5.41) is 3.26. The molecule has 1 fully saturated rings. The monoisotopic (exact) mass is 197 g/mol. The van der Waals surface area contributed by atoms with Gasteiger partial charge in [0, 0.05) is 10.5 Å². The highest BCUT2D eigenvalue weighted by molar-refractivity contribution is 14.1. The molecule has 0 radical (unpaired) electrons. The van der Waals surface area contributed by atoms with Crippen molar-refractivity contribution in [2.75, 3.05) is 13.1 Å². The van der Waals surface area contributed by atoms with Crippen LogP contribution in [0.1, 0.15) is 6.42 Å². The summed E-state index contributed by atoms with van der Waals surface area (Å²) >= 11 is 2.47. The van der Waals surface area contributed by atoms with Crippen molar-refractivity contribution >= 4 is 22.6 Å². The molecule has 0 aliphatic carbocycles. The van der Waals surface area contributed by atoms with E-state index in [2.05, 4.69) is 27.9 Å². The molecule has 0 aromatic rings. The summed E-state index contributed by atoms with van der Waals surface area (Å²) in [6, 6.07) is 0. The smallest absolute Gasteiger partial charge is 0.0246 e. The molecule has 36 valence electrons. The van der Waals surface area contributed by atoms with Crippen LogP contribution in [0.25, 0.3) is 0 Å². The van der Waals surface area contributed by atoms with Gasteiger partial charge in [0.1, 0.15) is 0 Å². The van der Waals surface area contributed by atoms with E-state index >= 15 is 0 Å². The third-order valence-electron chi connectivity index (χ3n) is 1.00. The fourth-order valence-electron chi connectivity index (χ4n) is 0.619. The molecule has 0 amide bonds. The van der Waals surface area contributed by atoms with Crippen LogP contribution in [0.5, 0.6) is 0 Å². The summed E-state index contributed by atoms with van der Waals surface area (Å²) < 4.78 is 0.905. The summed E-state index contributed by atoms with van der Waals surface area (Å²) in [5.41, 5.74) is 0. The van der Waals surface area contributed by atoms with Crippen molar-refractivity contribution in [2.45, 2.75) is 10.3 Å². The van der Waals surface area contributed by atoms with Crippen molar-refractivity contribution in [3.63, 3.8) is 0 Å². The van der Waals surface area contributed by atoms with E-state index in [0.717, 1.165) is 3.92 Å². The predicted octanol–water partition coefficient (Wildman–Crippen LogP) is 0.783. The number of alkyl halides is 1. The largest absolute Gasteiger partial charge is 0.316 e. The van der Waals surface area contributed by atoms with Crippen LogP contribution in [-0.2, 0) is 0 Å². The SMILES string of the molecule is I[C@@H]1CCNC1. The summed E-state index contributed by atoms with van der Waals surface area (Å²) in [6.45, 7) is 2.45. The van der Waals surface area contributed by atoms with Crippen LogP contribution in [0.4, 0.5) is 0 Å². The molecule has 1 aliphatic rings. The molecule has 1 heterocycles. The van der Waals surface area contributed by atoms with Gasteiger partial charge >= 0.3 is 0 Å². The van der Waals surface area contributed by atoms with Crippen LogP contribution in [0.2, 0.25) is 0 Å². The highest BCUT2D eigenvalue weighted by Gasteiger charge is 2.07. The van der Waals surface area contributed by atoms with E-state index < -0.39 is 0 Å². The first-order valence-electron chi connectivity index (χ1n) is 2.24. The minimum Gasteiger partial charge on any atom is -0.316 e. The van der Waals surface area contributed by atoms with Gasteiger partial charge < -0.3 is 5.32 Å². The van der Waals surface area contributed by atoms with Gasteiger partial charge in [-0.3, -0.25) is 0 Å². The van der Waals surface area contributed by atoms with E-state index in [1.807, 2.05) is 0 Å². The zero-order valence-corrected chi connectivity index (χ0v) is 5.73. The molecule has 0 aromatic carbocycles. The molecule has 1 atom stereocenters. The van der Waals surface area contributed by atoms with Gasteiger partial charge in [0.15, 0.2) is 0 Å². The number of hydrogen-bond donors (Lipinski definition) is 1. The summed E-state index contributed by atoms with van der Waals surface area (Å²) in [7, 11) is 0. The normalized spacial score (nSPS) is 34.5. The second-order valence-electron chi connectivity index (χ2n) is 1.59. The lowest BCUT2D eigenvalue weighted by Gasteiger charge is -1.88. The van der Waals surface area contributed by atoms with Gasteiger partial charge in [-0.05, 0) is 13.0 Å². The van der Waals surface area contributed by atoms with Gasteiger partial charge in [-0.2, -0.15) is 0 Å². The summed E-state index contributed by atoms with van der Waals surface area (Å²) in [5.74, 6) is 0. The van der Waals surface area contributed by atoms with Crippen molar-refractivity contribution in [3.05, 3.63) is 0 Å². The highest BCUT2D eigenvalue weighted by Crippen LogP contribution is 2.07. The predicted molar refractivity (Wildman–Crippen MR) is 35.3 cm³/mol. The molecule has 6 heavy (non-hydrogen) atoms. The number of rotatable bonds is 0. The Morgan fingerprint density at radius 1 is 1.67 bits per heavy atom. The average Bonchev–Trinajstić information content (AvgIpc) is 1.86. The first-order chi connectivity index (χ1) is 2.89. The fourth-order valence-corrected chi connectivity index (χ4v) is 1.24. The van der Waals surface area contributed by atoms with Gasteiger partial charge in [-0.25, -0.2) is 0 Å². The molecular weight excluding hydrogens is 189 g/mol. The minimum absolute atomic E-state index is 0.905. The van der Waals surface area contributed by atoms with E-state index in [1.165, 1.54) is 19.5 Å². The minimum atomic E-state index is 0.905. The van der Waals surface area contributed by atoms with Gasteiger partial charge in [0.05, 0.1) is 0 Å². The van der Waals surface area contributed by atoms with Gasteiger partial charge in [0.25, 0.3) is 0 Å². The van der Waals surface area contributed by atoms with Crippen LogP contribution in [0.15, 0.2) is 0 Å². The average molecular weight is 197 g/mol. The third kappa shape index (κ3) is 1.08. The maximum Gasteiger partial charge on any atom is 0.0246 e. The molecule has 0 saturated carbocycles. The van der Waals surface area contributed by atoms with Crippen molar-refractivity contribution in [2.24, 2.45) is 0 Å². The van der Waals surface area contributed by atoms with Gasteiger partial charge in [-0.1, -0.05) is 22.6 Å². The topological polar surface area (TPSA) is 12.0 Å². The van der Waals surface area contributed by atoms with E-state index in [-0.39, 0.29) is 0 Å². The Morgan fingerprint density at radius 2 is 2.50 bits per heavy atom. The summed E-state index contributed by atoms with van der Waals surface area (Å²) in [4.78, 5) is 0. The fraction of sp³-hybridized carbons (Fsp3) is 1.00. The number of halogens is 1. The molecule has 1 nitrogen and oxygen atoms in total. The zero-order chi connectivity index (χ0) is 4.41.